The Hall–Kier alpha value is -4.27. The molecule has 0 bridgehead atoms. The van der Waals surface area contributed by atoms with Crippen molar-refractivity contribution in [3.8, 4) is 5.75 Å². The van der Waals surface area contributed by atoms with Crippen LogP contribution in [-0.2, 0) is 9.59 Å². The van der Waals surface area contributed by atoms with Gasteiger partial charge in [0.05, 0.1) is 18.4 Å². The maximum Gasteiger partial charge on any atom is 0.282 e. The summed E-state index contributed by atoms with van der Waals surface area (Å²) < 4.78 is 19.5. The number of halogens is 1. The SMILES string of the molecule is COc1ccccc1C1=C(N2CCN(c3ncccn3)CC2)C(=O)N(c2cccc(F)c2)C1=O. The average Bonchev–Trinajstić information content (AvgIpc) is 3.14. The molecule has 172 valence electrons. The van der Waals surface area contributed by atoms with Gasteiger partial charge in [-0.2, -0.15) is 0 Å². The van der Waals surface area contributed by atoms with Crippen molar-refractivity contribution in [2.24, 2.45) is 0 Å². The Morgan fingerprint density at radius 2 is 1.56 bits per heavy atom. The molecule has 1 saturated heterocycles. The zero-order valence-corrected chi connectivity index (χ0v) is 18.5. The third-order valence-corrected chi connectivity index (χ3v) is 5.93. The van der Waals surface area contributed by atoms with Crippen LogP contribution >= 0.6 is 0 Å². The van der Waals surface area contributed by atoms with E-state index in [0.717, 1.165) is 4.90 Å². The molecule has 8 nitrogen and oxygen atoms in total. The number of methoxy groups -OCH3 is 1. The first-order valence-electron chi connectivity index (χ1n) is 10.9. The van der Waals surface area contributed by atoms with Gasteiger partial charge in [-0.05, 0) is 30.3 Å². The van der Waals surface area contributed by atoms with Crippen molar-refractivity contribution in [2.75, 3.05) is 43.1 Å². The Bertz CT molecular complexity index is 1270. The van der Waals surface area contributed by atoms with Crippen molar-refractivity contribution in [3.63, 3.8) is 0 Å². The van der Waals surface area contributed by atoms with E-state index in [4.69, 9.17) is 4.74 Å². The highest BCUT2D eigenvalue weighted by Gasteiger charge is 2.44. The second-order valence-corrected chi connectivity index (χ2v) is 7.87. The highest BCUT2D eigenvalue weighted by atomic mass is 19.1. The fourth-order valence-electron chi connectivity index (χ4n) is 4.34. The Labute approximate surface area is 195 Å². The minimum atomic E-state index is -0.526. The first-order valence-corrected chi connectivity index (χ1v) is 10.9. The van der Waals surface area contributed by atoms with Crippen molar-refractivity contribution in [3.05, 3.63) is 84.1 Å². The highest BCUT2D eigenvalue weighted by Crippen LogP contribution is 2.38. The molecule has 9 heteroatoms. The first kappa shape index (κ1) is 21.6. The molecule has 0 saturated carbocycles. The van der Waals surface area contributed by atoms with E-state index in [1.54, 1.807) is 48.8 Å². The molecule has 1 aromatic heterocycles. The summed E-state index contributed by atoms with van der Waals surface area (Å²) in [5, 5.41) is 0. The molecule has 0 radical (unpaired) electrons. The van der Waals surface area contributed by atoms with Crippen LogP contribution in [0.4, 0.5) is 16.0 Å². The zero-order valence-electron chi connectivity index (χ0n) is 18.5. The Morgan fingerprint density at radius 3 is 2.26 bits per heavy atom. The third-order valence-electron chi connectivity index (χ3n) is 5.93. The second kappa shape index (κ2) is 8.93. The van der Waals surface area contributed by atoms with Gasteiger partial charge in [0, 0.05) is 44.1 Å². The number of para-hydroxylation sites is 1. The molecule has 0 unspecified atom stereocenters. The summed E-state index contributed by atoms with van der Waals surface area (Å²) in [5.74, 6) is -0.420. The Kier molecular flexibility index (Phi) is 5.67. The molecule has 2 aromatic carbocycles. The number of amides is 2. The van der Waals surface area contributed by atoms with Gasteiger partial charge in [0.2, 0.25) is 5.95 Å². The van der Waals surface area contributed by atoms with E-state index in [1.807, 2.05) is 9.80 Å². The smallest absolute Gasteiger partial charge is 0.282 e. The molecule has 3 heterocycles. The van der Waals surface area contributed by atoms with Gasteiger partial charge < -0.3 is 14.5 Å². The summed E-state index contributed by atoms with van der Waals surface area (Å²) in [4.78, 5) is 40.9. The summed E-state index contributed by atoms with van der Waals surface area (Å²) in [6.07, 6.45) is 3.38. The average molecular weight is 459 g/mol. The lowest BCUT2D eigenvalue weighted by Gasteiger charge is -2.36. The van der Waals surface area contributed by atoms with Crippen LogP contribution in [0, 0.1) is 5.82 Å². The maximum atomic E-state index is 14.0. The van der Waals surface area contributed by atoms with E-state index in [0.29, 0.717) is 43.4 Å². The van der Waals surface area contributed by atoms with Gasteiger partial charge >= 0.3 is 0 Å². The molecule has 2 aliphatic heterocycles. The topological polar surface area (TPSA) is 78.9 Å². The van der Waals surface area contributed by atoms with Gasteiger partial charge in [-0.3, -0.25) is 9.59 Å². The number of imide groups is 1. The van der Waals surface area contributed by atoms with Crippen LogP contribution < -0.4 is 14.5 Å². The molecule has 0 aliphatic carbocycles. The molecule has 0 N–H and O–H groups in total. The van der Waals surface area contributed by atoms with E-state index in [-0.39, 0.29) is 17.0 Å². The van der Waals surface area contributed by atoms with Crippen molar-refractivity contribution in [1.29, 1.82) is 0 Å². The fraction of sp³-hybridized carbons (Fsp3) is 0.200. The van der Waals surface area contributed by atoms with E-state index in [9.17, 15) is 14.0 Å². The highest BCUT2D eigenvalue weighted by molar-refractivity contribution is 6.45. The number of hydrogen-bond donors (Lipinski definition) is 0. The summed E-state index contributed by atoms with van der Waals surface area (Å²) in [6, 6.07) is 14.3. The molecular formula is C25H22FN5O3. The lowest BCUT2D eigenvalue weighted by molar-refractivity contribution is -0.120. The minimum Gasteiger partial charge on any atom is -0.496 e. The standard InChI is InChI=1S/C25H22FN5O3/c1-34-20-9-3-2-8-19(20)21-22(24(33)31(23(21)32)18-7-4-6-17(26)16-18)29-12-14-30(15-13-29)25-27-10-5-11-28-25/h2-11,16H,12-15H2,1H3. The quantitative estimate of drug-likeness (QED) is 0.543. The molecular weight excluding hydrogens is 437 g/mol. The van der Waals surface area contributed by atoms with E-state index >= 15 is 0 Å². The predicted octanol–water partition coefficient (Wildman–Crippen LogP) is 2.73. The van der Waals surface area contributed by atoms with Crippen LogP contribution in [0.1, 0.15) is 5.56 Å². The molecule has 2 aliphatic rings. The number of hydrogen-bond acceptors (Lipinski definition) is 7. The first-order chi connectivity index (χ1) is 16.6. The normalized spacial score (nSPS) is 16.5. The van der Waals surface area contributed by atoms with Gasteiger partial charge in [0.25, 0.3) is 11.8 Å². The minimum absolute atomic E-state index is 0.189. The van der Waals surface area contributed by atoms with Crippen LogP contribution in [0.2, 0.25) is 0 Å². The van der Waals surface area contributed by atoms with Crippen LogP contribution in [0.5, 0.6) is 5.75 Å². The molecule has 0 atom stereocenters. The Balaban J connectivity index is 1.54. The monoisotopic (exact) mass is 459 g/mol. The molecule has 34 heavy (non-hydrogen) atoms. The number of benzene rings is 2. The number of carbonyl (C=O) groups is 2. The number of nitrogens with zero attached hydrogens (tertiary/aromatic N) is 5. The largest absolute Gasteiger partial charge is 0.496 e. The predicted molar refractivity (Wildman–Crippen MR) is 125 cm³/mol. The van der Waals surface area contributed by atoms with Gasteiger partial charge in [-0.15, -0.1) is 0 Å². The van der Waals surface area contributed by atoms with Gasteiger partial charge in [-0.1, -0.05) is 24.3 Å². The number of ether oxygens (including phenoxy) is 1. The second-order valence-electron chi connectivity index (χ2n) is 7.87. The number of piperazine rings is 1. The Morgan fingerprint density at radius 1 is 0.853 bits per heavy atom. The van der Waals surface area contributed by atoms with Crippen LogP contribution in [0.3, 0.4) is 0 Å². The fourth-order valence-corrected chi connectivity index (χ4v) is 4.34. The van der Waals surface area contributed by atoms with Crippen LogP contribution in [0.15, 0.2) is 72.7 Å². The van der Waals surface area contributed by atoms with Crippen LogP contribution in [-0.4, -0.2) is 60.0 Å². The number of anilines is 2. The maximum absolute atomic E-state index is 14.0. The third kappa shape index (κ3) is 3.75. The molecule has 3 aromatic rings. The lowest BCUT2D eigenvalue weighted by Crippen LogP contribution is -2.48. The number of rotatable bonds is 5. The molecule has 2 amide bonds. The molecule has 1 fully saturated rings. The van der Waals surface area contributed by atoms with E-state index in [1.165, 1.54) is 25.3 Å². The van der Waals surface area contributed by atoms with Crippen molar-refractivity contribution < 1.29 is 18.7 Å². The molecule has 5 rings (SSSR count). The lowest BCUT2D eigenvalue weighted by atomic mass is 10.0. The van der Waals surface area contributed by atoms with Gasteiger partial charge in [0.1, 0.15) is 17.3 Å². The van der Waals surface area contributed by atoms with Crippen molar-refractivity contribution in [1.82, 2.24) is 14.9 Å². The summed E-state index contributed by atoms with van der Waals surface area (Å²) in [6.45, 7) is 2.13. The van der Waals surface area contributed by atoms with Gasteiger partial charge in [-0.25, -0.2) is 19.3 Å². The summed E-state index contributed by atoms with van der Waals surface area (Å²) >= 11 is 0. The van der Waals surface area contributed by atoms with E-state index in [2.05, 4.69) is 9.97 Å². The van der Waals surface area contributed by atoms with Gasteiger partial charge in [0.15, 0.2) is 0 Å². The number of aromatic nitrogens is 2. The number of carbonyl (C=O) groups excluding carboxylic acids is 2. The van der Waals surface area contributed by atoms with Crippen LogP contribution in [0.25, 0.3) is 5.57 Å². The summed E-state index contributed by atoms with van der Waals surface area (Å²) in [7, 11) is 1.52. The summed E-state index contributed by atoms with van der Waals surface area (Å²) in [5.41, 5.74) is 1.24. The van der Waals surface area contributed by atoms with Crippen molar-refractivity contribution >= 4 is 29.0 Å². The zero-order chi connectivity index (χ0) is 23.7. The van der Waals surface area contributed by atoms with Crippen molar-refractivity contribution in [2.45, 2.75) is 0 Å². The molecule has 0 spiro atoms. The van der Waals surface area contributed by atoms with E-state index < -0.39 is 17.6 Å².